The number of nitrogens with one attached hydrogen (secondary N) is 3. The number of para-hydroxylation sites is 1. The van der Waals surface area contributed by atoms with Gasteiger partial charge in [-0.15, -0.1) is 0 Å². The minimum absolute atomic E-state index is 0.264. The second kappa shape index (κ2) is 8.02. The molecule has 4 amide bonds. The van der Waals surface area contributed by atoms with Gasteiger partial charge in [0.25, 0.3) is 5.91 Å². The van der Waals surface area contributed by atoms with E-state index in [4.69, 9.17) is 5.73 Å². The molecule has 1 atom stereocenters. The van der Waals surface area contributed by atoms with E-state index in [1.54, 1.807) is 24.3 Å². The first kappa shape index (κ1) is 17.5. The van der Waals surface area contributed by atoms with Crippen molar-refractivity contribution in [1.29, 1.82) is 0 Å². The topological polar surface area (TPSA) is 113 Å². The average Bonchev–Trinajstić information content (AvgIpc) is 2.44. The Morgan fingerprint density at radius 1 is 1.14 bits per heavy atom. The lowest BCUT2D eigenvalue weighted by molar-refractivity contribution is -0.117. The number of anilines is 1. The van der Waals surface area contributed by atoms with Crippen LogP contribution in [0.5, 0.6) is 0 Å². The first-order chi connectivity index (χ1) is 10.3. The van der Waals surface area contributed by atoms with E-state index in [1.807, 2.05) is 13.8 Å². The van der Waals surface area contributed by atoms with Crippen LogP contribution in [0.1, 0.15) is 31.1 Å². The van der Waals surface area contributed by atoms with Crippen LogP contribution in [0.15, 0.2) is 24.3 Å². The Balaban J connectivity index is 2.81. The van der Waals surface area contributed by atoms with Gasteiger partial charge < -0.3 is 21.7 Å². The zero-order valence-electron chi connectivity index (χ0n) is 13.0. The number of benzene rings is 1. The summed E-state index contributed by atoms with van der Waals surface area (Å²) in [7, 11) is 0. The van der Waals surface area contributed by atoms with Crippen LogP contribution in [0.25, 0.3) is 0 Å². The van der Waals surface area contributed by atoms with Gasteiger partial charge in [-0.1, -0.05) is 26.0 Å². The third-order valence-electron chi connectivity index (χ3n) is 2.85. The predicted molar refractivity (Wildman–Crippen MR) is 84.4 cm³/mol. The van der Waals surface area contributed by atoms with Crippen molar-refractivity contribution in [1.82, 2.24) is 10.6 Å². The van der Waals surface area contributed by atoms with Gasteiger partial charge in [0.05, 0.1) is 11.3 Å². The fourth-order valence-corrected chi connectivity index (χ4v) is 1.70. The number of urea groups is 1. The van der Waals surface area contributed by atoms with Crippen LogP contribution in [-0.4, -0.2) is 30.4 Å². The lowest BCUT2D eigenvalue weighted by atomic mass is 10.1. The number of hydrogen-bond donors (Lipinski definition) is 4. The molecule has 0 aromatic heterocycles. The van der Waals surface area contributed by atoms with Gasteiger partial charge in [-0.05, 0) is 25.0 Å². The zero-order chi connectivity index (χ0) is 16.7. The number of carbonyl (C=O) groups excluding carboxylic acids is 3. The summed E-state index contributed by atoms with van der Waals surface area (Å²) in [6.45, 7) is 6.03. The molecule has 0 spiro atoms. The smallest absolute Gasteiger partial charge is 0.312 e. The molecule has 0 aliphatic heterocycles. The summed E-state index contributed by atoms with van der Waals surface area (Å²) < 4.78 is 0. The van der Waals surface area contributed by atoms with Crippen LogP contribution in [-0.2, 0) is 4.79 Å². The Morgan fingerprint density at radius 3 is 2.36 bits per heavy atom. The predicted octanol–water partition coefficient (Wildman–Crippen LogP) is 1.07. The van der Waals surface area contributed by atoms with Crippen LogP contribution in [0.4, 0.5) is 10.5 Å². The maximum Gasteiger partial charge on any atom is 0.312 e. The number of rotatable bonds is 6. The molecule has 0 radical (unpaired) electrons. The van der Waals surface area contributed by atoms with Crippen molar-refractivity contribution in [3.63, 3.8) is 0 Å². The summed E-state index contributed by atoms with van der Waals surface area (Å²) in [5.74, 6) is -0.395. The minimum Gasteiger partial charge on any atom is -0.352 e. The van der Waals surface area contributed by atoms with E-state index < -0.39 is 18.0 Å². The zero-order valence-corrected chi connectivity index (χ0v) is 13.0. The first-order valence-corrected chi connectivity index (χ1v) is 7.05. The standard InChI is InChI=1S/C15H22N4O3/c1-9(2)8-17-14(21)11-6-4-5-7-12(11)19-13(20)10(3)18-15(16)22/h4-7,9-10H,8H2,1-3H3,(H,17,21)(H,19,20)(H3,16,18,22)/t10-/m1/s1. The van der Waals surface area contributed by atoms with Crippen LogP contribution in [0, 0.1) is 5.92 Å². The Labute approximate surface area is 129 Å². The van der Waals surface area contributed by atoms with E-state index in [0.717, 1.165) is 0 Å². The molecule has 0 fully saturated rings. The highest BCUT2D eigenvalue weighted by Crippen LogP contribution is 2.15. The summed E-state index contributed by atoms with van der Waals surface area (Å²) in [6, 6.07) is 5.08. The maximum absolute atomic E-state index is 12.1. The summed E-state index contributed by atoms with van der Waals surface area (Å²) in [6.07, 6.45) is 0. The van der Waals surface area contributed by atoms with E-state index in [2.05, 4.69) is 16.0 Å². The molecular formula is C15H22N4O3. The Hall–Kier alpha value is -2.57. The molecule has 1 rings (SSSR count). The van der Waals surface area contributed by atoms with E-state index in [9.17, 15) is 14.4 Å². The van der Waals surface area contributed by atoms with Crippen molar-refractivity contribution in [3.8, 4) is 0 Å². The number of nitrogens with two attached hydrogens (primary N) is 1. The number of hydrogen-bond acceptors (Lipinski definition) is 3. The molecule has 1 aromatic carbocycles. The van der Waals surface area contributed by atoms with Crippen LogP contribution < -0.4 is 21.7 Å². The molecule has 120 valence electrons. The Bertz CT molecular complexity index is 557. The van der Waals surface area contributed by atoms with Crippen molar-refractivity contribution >= 4 is 23.5 Å². The second-order valence-corrected chi connectivity index (χ2v) is 5.37. The highest BCUT2D eigenvalue weighted by Gasteiger charge is 2.17. The van der Waals surface area contributed by atoms with Gasteiger partial charge >= 0.3 is 6.03 Å². The molecule has 1 aromatic rings. The summed E-state index contributed by atoms with van der Waals surface area (Å²) >= 11 is 0. The Morgan fingerprint density at radius 2 is 1.77 bits per heavy atom. The van der Waals surface area contributed by atoms with E-state index >= 15 is 0 Å². The molecule has 7 heteroatoms. The van der Waals surface area contributed by atoms with Gasteiger partial charge in [0.2, 0.25) is 5.91 Å². The Kier molecular flexibility index (Phi) is 6.37. The van der Waals surface area contributed by atoms with E-state index in [1.165, 1.54) is 6.92 Å². The summed E-state index contributed by atoms with van der Waals surface area (Å²) in [5.41, 5.74) is 5.72. The van der Waals surface area contributed by atoms with Gasteiger partial charge in [0.15, 0.2) is 0 Å². The molecule has 0 saturated carbocycles. The minimum atomic E-state index is -0.802. The van der Waals surface area contributed by atoms with Crippen molar-refractivity contribution in [2.75, 3.05) is 11.9 Å². The number of amides is 4. The molecule has 22 heavy (non-hydrogen) atoms. The fourth-order valence-electron chi connectivity index (χ4n) is 1.70. The molecule has 0 saturated heterocycles. The fraction of sp³-hybridized carbons (Fsp3) is 0.400. The molecular weight excluding hydrogens is 284 g/mol. The third-order valence-corrected chi connectivity index (χ3v) is 2.85. The molecule has 7 nitrogen and oxygen atoms in total. The van der Waals surface area contributed by atoms with Crippen LogP contribution in [0.3, 0.4) is 0 Å². The summed E-state index contributed by atoms with van der Waals surface area (Å²) in [4.78, 5) is 34.9. The van der Waals surface area contributed by atoms with Gasteiger partial charge in [0, 0.05) is 6.54 Å². The first-order valence-electron chi connectivity index (χ1n) is 7.05. The molecule has 0 aliphatic rings. The van der Waals surface area contributed by atoms with E-state index in [-0.39, 0.29) is 5.91 Å². The highest BCUT2D eigenvalue weighted by molar-refractivity contribution is 6.05. The largest absolute Gasteiger partial charge is 0.352 e. The monoisotopic (exact) mass is 306 g/mol. The van der Waals surface area contributed by atoms with Gasteiger partial charge in [-0.25, -0.2) is 4.79 Å². The third kappa shape index (κ3) is 5.43. The quantitative estimate of drug-likeness (QED) is 0.630. The molecule has 0 unspecified atom stereocenters. The van der Waals surface area contributed by atoms with E-state index in [0.29, 0.717) is 23.7 Å². The molecule has 0 bridgehead atoms. The van der Waals surface area contributed by atoms with Gasteiger partial charge in [-0.3, -0.25) is 9.59 Å². The van der Waals surface area contributed by atoms with Gasteiger partial charge in [0.1, 0.15) is 6.04 Å². The summed E-state index contributed by atoms with van der Waals surface area (Å²) in [5, 5.41) is 7.69. The number of primary amides is 1. The second-order valence-electron chi connectivity index (χ2n) is 5.37. The molecule has 5 N–H and O–H groups in total. The maximum atomic E-state index is 12.1. The molecule has 0 aliphatic carbocycles. The van der Waals surface area contributed by atoms with Gasteiger partial charge in [-0.2, -0.15) is 0 Å². The van der Waals surface area contributed by atoms with Crippen molar-refractivity contribution < 1.29 is 14.4 Å². The lowest BCUT2D eigenvalue weighted by Crippen LogP contribution is -2.44. The van der Waals surface area contributed by atoms with Crippen LogP contribution >= 0.6 is 0 Å². The highest BCUT2D eigenvalue weighted by atomic mass is 16.2. The van der Waals surface area contributed by atoms with Crippen LogP contribution in [0.2, 0.25) is 0 Å². The number of carbonyl (C=O) groups is 3. The SMILES string of the molecule is CC(C)CNC(=O)c1ccccc1NC(=O)[C@@H](C)NC(N)=O. The lowest BCUT2D eigenvalue weighted by Gasteiger charge is -2.15. The normalized spacial score (nSPS) is 11.6. The van der Waals surface area contributed by atoms with Crippen molar-refractivity contribution in [3.05, 3.63) is 29.8 Å². The van der Waals surface area contributed by atoms with Crippen molar-refractivity contribution in [2.45, 2.75) is 26.8 Å². The van der Waals surface area contributed by atoms with Crippen molar-refractivity contribution in [2.24, 2.45) is 11.7 Å². The molecule has 0 heterocycles. The average molecular weight is 306 g/mol.